The van der Waals surface area contributed by atoms with Crippen LogP contribution in [0.25, 0.3) is 22.6 Å². The highest BCUT2D eigenvalue weighted by Crippen LogP contribution is 2.33. The van der Waals surface area contributed by atoms with Crippen LogP contribution in [-0.2, 0) is 9.59 Å². The molecule has 0 saturated carbocycles. The molecular weight excluding hydrogens is 445 g/mol. The molecule has 4 rings (SSSR count). The number of carbonyl (C=O) groups is 2. The van der Waals surface area contributed by atoms with Crippen molar-refractivity contribution in [3.8, 4) is 28.3 Å². The molecule has 1 unspecified atom stereocenters. The van der Waals surface area contributed by atoms with Gasteiger partial charge in [0, 0.05) is 12.0 Å². The number of nitrogen functional groups attached to an aromatic ring is 1. The molecule has 0 spiro atoms. The van der Waals surface area contributed by atoms with Crippen molar-refractivity contribution in [3.05, 3.63) is 52.4 Å². The van der Waals surface area contributed by atoms with Crippen LogP contribution in [-0.4, -0.2) is 28.0 Å². The van der Waals surface area contributed by atoms with Crippen molar-refractivity contribution in [1.29, 1.82) is 0 Å². The number of nitrogens with one attached hydrogen (secondary N) is 1. The number of rotatable bonds is 5. The average molecular weight is 462 g/mol. The molecule has 33 heavy (non-hydrogen) atoms. The van der Waals surface area contributed by atoms with Crippen molar-refractivity contribution in [2.45, 2.75) is 32.4 Å². The number of aryl methyl sites for hydroxylation is 1. The molecule has 1 aliphatic heterocycles. The predicted molar refractivity (Wildman–Crippen MR) is 109 cm³/mol. The SMILES string of the molecule is Cc1cc(-c2ccc(-c3cn(C4CCC(=O)NC4=O)c(=O)o3)c(F)c2)nc(N)c1OC(F)F. The van der Waals surface area contributed by atoms with Gasteiger partial charge >= 0.3 is 12.4 Å². The molecule has 12 heteroatoms. The fraction of sp³-hybridized carbons (Fsp3) is 0.238. The number of amides is 2. The molecule has 1 saturated heterocycles. The second-order valence-electron chi connectivity index (χ2n) is 7.35. The van der Waals surface area contributed by atoms with Gasteiger partial charge in [0.2, 0.25) is 11.8 Å². The molecule has 172 valence electrons. The van der Waals surface area contributed by atoms with Gasteiger partial charge in [0.25, 0.3) is 0 Å². The third-order valence-corrected chi connectivity index (χ3v) is 5.13. The van der Waals surface area contributed by atoms with Crippen LogP contribution >= 0.6 is 0 Å². The first kappa shape index (κ1) is 22.1. The van der Waals surface area contributed by atoms with Gasteiger partial charge in [-0.25, -0.2) is 14.2 Å². The average Bonchev–Trinajstić information content (AvgIpc) is 3.11. The number of nitrogens with two attached hydrogens (primary N) is 1. The van der Waals surface area contributed by atoms with Gasteiger partial charge in [0.15, 0.2) is 17.3 Å². The lowest BCUT2D eigenvalue weighted by Crippen LogP contribution is -2.43. The Hall–Kier alpha value is -4.09. The fourth-order valence-electron chi connectivity index (χ4n) is 3.59. The van der Waals surface area contributed by atoms with E-state index in [0.29, 0.717) is 5.56 Å². The maximum absolute atomic E-state index is 14.9. The largest absolute Gasteiger partial charge is 0.431 e. The summed E-state index contributed by atoms with van der Waals surface area (Å²) in [5.74, 6) is -3.37. The van der Waals surface area contributed by atoms with Gasteiger partial charge < -0.3 is 14.9 Å². The van der Waals surface area contributed by atoms with Gasteiger partial charge in [0.1, 0.15) is 11.9 Å². The lowest BCUT2D eigenvalue weighted by molar-refractivity contribution is -0.135. The number of benzene rings is 1. The predicted octanol–water partition coefficient (Wildman–Crippen LogP) is 2.78. The van der Waals surface area contributed by atoms with Gasteiger partial charge in [-0.2, -0.15) is 8.78 Å². The highest BCUT2D eigenvalue weighted by Gasteiger charge is 2.30. The van der Waals surface area contributed by atoms with Crippen molar-refractivity contribution in [1.82, 2.24) is 14.9 Å². The van der Waals surface area contributed by atoms with E-state index < -0.39 is 36.0 Å². The Kier molecular flexibility index (Phi) is 5.66. The standard InChI is InChI=1S/C21H17F3N4O5/c1-9-6-13(26-18(25)17(9)33-20(23)24)10-2-3-11(12(22)7-10)15-8-28(21(31)32-15)14-4-5-16(29)27-19(14)30/h2-3,6-8,14,20H,4-5H2,1H3,(H2,25,26)(H,27,29,30). The van der Waals surface area contributed by atoms with E-state index in [-0.39, 0.29) is 47.0 Å². The fourth-order valence-corrected chi connectivity index (χ4v) is 3.59. The molecule has 2 amide bonds. The molecule has 0 aliphatic carbocycles. The molecule has 0 bridgehead atoms. The van der Waals surface area contributed by atoms with Crippen LogP contribution in [0.3, 0.4) is 0 Å². The maximum atomic E-state index is 14.9. The zero-order valence-corrected chi connectivity index (χ0v) is 17.1. The Morgan fingerprint density at radius 2 is 2.03 bits per heavy atom. The number of oxazole rings is 1. The Morgan fingerprint density at radius 1 is 1.27 bits per heavy atom. The van der Waals surface area contributed by atoms with Crippen molar-refractivity contribution < 1.29 is 31.9 Å². The van der Waals surface area contributed by atoms with E-state index in [1.54, 1.807) is 0 Å². The van der Waals surface area contributed by atoms with Crippen LogP contribution in [0, 0.1) is 12.7 Å². The van der Waals surface area contributed by atoms with Crippen LogP contribution < -0.4 is 21.5 Å². The summed E-state index contributed by atoms with van der Waals surface area (Å²) in [4.78, 5) is 39.6. The molecule has 3 N–H and O–H groups in total. The normalized spacial score (nSPS) is 16.2. The Bertz CT molecular complexity index is 1290. The number of anilines is 1. The van der Waals surface area contributed by atoms with Crippen molar-refractivity contribution in [2.75, 3.05) is 5.73 Å². The van der Waals surface area contributed by atoms with Crippen molar-refractivity contribution >= 4 is 17.6 Å². The van der Waals surface area contributed by atoms with E-state index in [1.165, 1.54) is 31.3 Å². The van der Waals surface area contributed by atoms with E-state index in [2.05, 4.69) is 15.0 Å². The minimum atomic E-state index is -3.07. The van der Waals surface area contributed by atoms with Crippen LogP contribution in [0.1, 0.15) is 24.4 Å². The van der Waals surface area contributed by atoms with Crippen LogP contribution in [0.15, 0.2) is 39.7 Å². The number of alkyl halides is 2. The number of imide groups is 1. The Balaban J connectivity index is 1.65. The molecule has 0 radical (unpaired) electrons. The summed E-state index contributed by atoms with van der Waals surface area (Å²) in [7, 11) is 0. The summed E-state index contributed by atoms with van der Waals surface area (Å²) in [6.45, 7) is -1.58. The molecule has 1 atom stereocenters. The van der Waals surface area contributed by atoms with Gasteiger partial charge in [-0.15, -0.1) is 0 Å². The van der Waals surface area contributed by atoms with Crippen LogP contribution in [0.5, 0.6) is 5.75 Å². The second-order valence-corrected chi connectivity index (χ2v) is 7.35. The summed E-state index contributed by atoms with van der Waals surface area (Å²) in [6.07, 6.45) is 1.38. The molecule has 1 aliphatic rings. The van der Waals surface area contributed by atoms with Gasteiger partial charge in [0.05, 0.1) is 17.5 Å². The first-order valence-corrected chi connectivity index (χ1v) is 9.72. The number of piperidine rings is 1. The van der Waals surface area contributed by atoms with E-state index in [0.717, 1.165) is 10.6 Å². The summed E-state index contributed by atoms with van der Waals surface area (Å²) < 4.78 is 50.5. The highest BCUT2D eigenvalue weighted by molar-refractivity contribution is 5.99. The molecule has 1 fully saturated rings. The van der Waals surface area contributed by atoms with Gasteiger partial charge in [-0.3, -0.25) is 19.5 Å². The number of hydrogen-bond acceptors (Lipinski definition) is 7. The second kappa shape index (κ2) is 8.45. The monoisotopic (exact) mass is 462 g/mol. The number of nitrogens with zero attached hydrogens (tertiary/aromatic N) is 2. The van der Waals surface area contributed by atoms with Crippen molar-refractivity contribution in [3.63, 3.8) is 0 Å². The third-order valence-electron chi connectivity index (χ3n) is 5.13. The topological polar surface area (TPSA) is 129 Å². The first-order chi connectivity index (χ1) is 15.6. The molecular formula is C21H17F3N4O5. The lowest BCUT2D eigenvalue weighted by Gasteiger charge is -2.20. The number of pyridine rings is 1. The number of carbonyl (C=O) groups excluding carboxylic acids is 2. The molecule has 3 aromatic rings. The zero-order chi connectivity index (χ0) is 23.9. The number of ether oxygens (including phenoxy) is 1. The molecule has 9 nitrogen and oxygen atoms in total. The number of hydrogen-bond donors (Lipinski definition) is 2. The molecule has 2 aromatic heterocycles. The van der Waals surface area contributed by atoms with Crippen LogP contribution in [0.2, 0.25) is 0 Å². The Morgan fingerprint density at radius 3 is 2.67 bits per heavy atom. The minimum absolute atomic E-state index is 0.0516. The summed E-state index contributed by atoms with van der Waals surface area (Å²) in [5.41, 5.74) is 6.46. The van der Waals surface area contributed by atoms with E-state index >= 15 is 0 Å². The number of aromatic nitrogens is 2. The zero-order valence-electron chi connectivity index (χ0n) is 17.1. The van der Waals surface area contributed by atoms with Crippen molar-refractivity contribution in [2.24, 2.45) is 0 Å². The maximum Gasteiger partial charge on any atom is 0.420 e. The quantitative estimate of drug-likeness (QED) is 0.558. The van der Waals surface area contributed by atoms with Gasteiger partial charge in [-0.05, 0) is 37.1 Å². The van der Waals surface area contributed by atoms with E-state index in [9.17, 15) is 27.6 Å². The van der Waals surface area contributed by atoms with E-state index in [4.69, 9.17) is 10.2 Å². The third kappa shape index (κ3) is 4.31. The minimum Gasteiger partial charge on any atom is -0.431 e. The number of halogens is 3. The lowest BCUT2D eigenvalue weighted by atomic mass is 10.0. The first-order valence-electron chi connectivity index (χ1n) is 9.72. The molecule has 1 aromatic carbocycles. The van der Waals surface area contributed by atoms with Gasteiger partial charge in [-0.1, -0.05) is 6.07 Å². The Labute approximate surface area is 184 Å². The summed E-state index contributed by atoms with van der Waals surface area (Å²) >= 11 is 0. The smallest absolute Gasteiger partial charge is 0.420 e. The highest BCUT2D eigenvalue weighted by atomic mass is 19.3. The van der Waals surface area contributed by atoms with E-state index in [1.807, 2.05) is 0 Å². The molecule has 3 heterocycles. The van der Waals surface area contributed by atoms with Crippen LogP contribution in [0.4, 0.5) is 19.0 Å². The summed E-state index contributed by atoms with van der Waals surface area (Å²) in [6, 6.07) is 4.42. The summed E-state index contributed by atoms with van der Waals surface area (Å²) in [5, 5.41) is 2.14.